The highest BCUT2D eigenvalue weighted by Gasteiger charge is 2.15. The second-order valence-electron chi connectivity index (χ2n) is 11.5. The van der Waals surface area contributed by atoms with Gasteiger partial charge in [-0.2, -0.15) is 5.26 Å². The van der Waals surface area contributed by atoms with E-state index < -0.39 is 0 Å². The first-order chi connectivity index (χ1) is 22.2. The highest BCUT2D eigenvalue weighted by Crippen LogP contribution is 2.39. The van der Waals surface area contributed by atoms with Crippen molar-refractivity contribution in [1.29, 1.82) is 5.26 Å². The maximum absolute atomic E-state index is 9.65. The number of pyridine rings is 1. The maximum atomic E-state index is 9.65. The standard InChI is InChI=1S/C42H25N3/c43-26-27-17-19-35-38-24-29(18-20-40(38)45(41(35)21-27)33-12-2-1-3-13-33)28-10-8-11-30(22-28)37-25-32-23-31-9-4-7-16-39(31)44-42(32)36-15-6-5-14-34(36)37/h1-25H. The minimum Gasteiger partial charge on any atom is -0.309 e. The van der Waals surface area contributed by atoms with Gasteiger partial charge in [-0.1, -0.05) is 91.0 Å². The summed E-state index contributed by atoms with van der Waals surface area (Å²) in [6, 6.07) is 55.7. The van der Waals surface area contributed by atoms with Gasteiger partial charge in [-0.05, 0) is 88.3 Å². The van der Waals surface area contributed by atoms with Crippen LogP contribution in [0, 0.1) is 11.3 Å². The maximum Gasteiger partial charge on any atom is 0.0992 e. The van der Waals surface area contributed by atoms with Crippen LogP contribution in [0.4, 0.5) is 0 Å². The van der Waals surface area contributed by atoms with Crippen LogP contribution in [-0.2, 0) is 0 Å². The summed E-state index contributed by atoms with van der Waals surface area (Å²) in [7, 11) is 0. The van der Waals surface area contributed by atoms with Gasteiger partial charge in [0, 0.05) is 32.6 Å². The lowest BCUT2D eigenvalue weighted by atomic mass is 9.92. The van der Waals surface area contributed by atoms with E-state index in [1.807, 2.05) is 24.3 Å². The molecule has 0 radical (unpaired) electrons. The van der Waals surface area contributed by atoms with Crippen LogP contribution in [0.5, 0.6) is 0 Å². The van der Waals surface area contributed by atoms with E-state index >= 15 is 0 Å². The molecule has 0 unspecified atom stereocenters. The third-order valence-corrected chi connectivity index (χ3v) is 8.94. The van der Waals surface area contributed by atoms with Crippen molar-refractivity contribution in [3.63, 3.8) is 0 Å². The van der Waals surface area contributed by atoms with Crippen molar-refractivity contribution in [2.45, 2.75) is 0 Å². The van der Waals surface area contributed by atoms with Gasteiger partial charge in [0.1, 0.15) is 0 Å². The second kappa shape index (κ2) is 9.91. The lowest BCUT2D eigenvalue weighted by Crippen LogP contribution is -1.93. The Labute approximate surface area is 259 Å². The van der Waals surface area contributed by atoms with Crippen molar-refractivity contribution < 1.29 is 0 Å². The fourth-order valence-corrected chi connectivity index (χ4v) is 6.85. The fourth-order valence-electron chi connectivity index (χ4n) is 6.85. The molecule has 3 heteroatoms. The molecule has 0 aliphatic heterocycles. The first-order valence-electron chi connectivity index (χ1n) is 15.1. The molecule has 0 aliphatic rings. The number of benzene rings is 7. The predicted octanol–water partition coefficient (Wildman–Crippen LogP) is 10.8. The van der Waals surface area contributed by atoms with Gasteiger partial charge in [0.2, 0.25) is 0 Å². The summed E-state index contributed by atoms with van der Waals surface area (Å²) in [5.74, 6) is 0. The Morgan fingerprint density at radius 1 is 0.489 bits per heavy atom. The Morgan fingerprint density at radius 3 is 2.16 bits per heavy atom. The Hall–Kier alpha value is -6.24. The van der Waals surface area contributed by atoms with Crippen molar-refractivity contribution in [1.82, 2.24) is 9.55 Å². The highest BCUT2D eigenvalue weighted by atomic mass is 15.0. The van der Waals surface area contributed by atoms with Gasteiger partial charge in [0.05, 0.1) is 33.7 Å². The van der Waals surface area contributed by atoms with E-state index in [9.17, 15) is 5.26 Å². The molecule has 0 N–H and O–H groups in total. The fraction of sp³-hybridized carbons (Fsp3) is 0. The number of aromatic nitrogens is 2. The van der Waals surface area contributed by atoms with Crippen LogP contribution in [0.3, 0.4) is 0 Å². The molecular formula is C42H25N3. The molecule has 45 heavy (non-hydrogen) atoms. The largest absolute Gasteiger partial charge is 0.309 e. The minimum absolute atomic E-state index is 0.654. The number of nitrogens with zero attached hydrogens (tertiary/aromatic N) is 3. The van der Waals surface area contributed by atoms with Crippen molar-refractivity contribution in [2.24, 2.45) is 0 Å². The summed E-state index contributed by atoms with van der Waals surface area (Å²) < 4.78 is 2.25. The zero-order valence-electron chi connectivity index (χ0n) is 24.3. The van der Waals surface area contributed by atoms with Crippen molar-refractivity contribution in [2.75, 3.05) is 0 Å². The first kappa shape index (κ1) is 25.3. The van der Waals surface area contributed by atoms with Crippen LogP contribution in [0.2, 0.25) is 0 Å². The topological polar surface area (TPSA) is 41.6 Å². The van der Waals surface area contributed by atoms with Crippen molar-refractivity contribution in [3.8, 4) is 34.0 Å². The molecule has 3 nitrogen and oxygen atoms in total. The summed E-state index contributed by atoms with van der Waals surface area (Å²) in [6.07, 6.45) is 0. The Kier molecular flexibility index (Phi) is 5.57. The molecule has 7 aromatic carbocycles. The Morgan fingerprint density at radius 2 is 1.27 bits per heavy atom. The quantitative estimate of drug-likeness (QED) is 0.156. The number of hydrogen-bond acceptors (Lipinski definition) is 2. The summed E-state index contributed by atoms with van der Waals surface area (Å²) >= 11 is 0. The van der Waals surface area contributed by atoms with E-state index in [-0.39, 0.29) is 0 Å². The van der Waals surface area contributed by atoms with Gasteiger partial charge in [-0.3, -0.25) is 0 Å². The smallest absolute Gasteiger partial charge is 0.0992 e. The number of nitriles is 1. The minimum atomic E-state index is 0.654. The Balaban J connectivity index is 1.24. The summed E-state index contributed by atoms with van der Waals surface area (Å²) in [4.78, 5) is 5.07. The molecule has 9 rings (SSSR count). The van der Waals surface area contributed by atoms with Gasteiger partial charge in [0.15, 0.2) is 0 Å². The molecule has 2 aromatic heterocycles. The van der Waals surface area contributed by atoms with Crippen LogP contribution >= 0.6 is 0 Å². The van der Waals surface area contributed by atoms with E-state index in [0.29, 0.717) is 5.56 Å². The molecule has 0 bridgehead atoms. The van der Waals surface area contributed by atoms with Gasteiger partial charge in [-0.25, -0.2) is 4.98 Å². The van der Waals surface area contributed by atoms with Crippen LogP contribution in [0.1, 0.15) is 5.56 Å². The predicted molar refractivity (Wildman–Crippen MR) is 187 cm³/mol. The van der Waals surface area contributed by atoms with Crippen LogP contribution < -0.4 is 0 Å². The summed E-state index contributed by atoms with van der Waals surface area (Å²) in [5.41, 5.74) is 10.6. The van der Waals surface area contributed by atoms with Crippen molar-refractivity contribution >= 4 is 54.4 Å². The molecule has 0 amide bonds. The number of rotatable bonds is 3. The average Bonchev–Trinajstić information content (AvgIpc) is 3.43. The number of hydrogen-bond donors (Lipinski definition) is 0. The third-order valence-electron chi connectivity index (χ3n) is 8.94. The molecule has 0 saturated carbocycles. The van der Waals surface area contributed by atoms with E-state index in [1.165, 1.54) is 16.5 Å². The van der Waals surface area contributed by atoms with E-state index in [4.69, 9.17) is 4.98 Å². The molecular weight excluding hydrogens is 546 g/mol. The second-order valence-corrected chi connectivity index (χ2v) is 11.5. The molecule has 0 atom stereocenters. The SMILES string of the molecule is N#Cc1ccc2c3cc(-c4cccc(-c5cc6cc7ccccc7nc6c6ccccc56)c4)ccc3n(-c3ccccc3)c2c1. The first-order valence-corrected chi connectivity index (χ1v) is 15.1. The van der Waals surface area contributed by atoms with Gasteiger partial charge >= 0.3 is 0 Å². The third kappa shape index (κ3) is 4.01. The summed E-state index contributed by atoms with van der Waals surface area (Å²) in [5, 5.41) is 16.6. The average molecular weight is 572 g/mol. The van der Waals surface area contributed by atoms with Gasteiger partial charge < -0.3 is 4.57 Å². The molecule has 0 aliphatic carbocycles. The highest BCUT2D eigenvalue weighted by molar-refractivity contribution is 6.14. The normalized spacial score (nSPS) is 11.5. The number of fused-ring (bicyclic) bond motifs is 7. The molecule has 208 valence electrons. The van der Waals surface area contributed by atoms with Crippen LogP contribution in [0.15, 0.2) is 152 Å². The molecule has 0 fully saturated rings. The van der Waals surface area contributed by atoms with Crippen LogP contribution in [0.25, 0.3) is 82.3 Å². The zero-order valence-corrected chi connectivity index (χ0v) is 24.3. The molecule has 9 aromatic rings. The number of para-hydroxylation sites is 2. The van der Waals surface area contributed by atoms with E-state index in [0.717, 1.165) is 65.8 Å². The Bertz CT molecular complexity index is 2660. The van der Waals surface area contributed by atoms with Crippen molar-refractivity contribution in [3.05, 3.63) is 157 Å². The molecule has 0 spiro atoms. The lowest BCUT2D eigenvalue weighted by molar-refractivity contribution is 1.18. The van der Waals surface area contributed by atoms with E-state index in [2.05, 4.69) is 138 Å². The molecule has 2 heterocycles. The van der Waals surface area contributed by atoms with Gasteiger partial charge in [0.25, 0.3) is 0 Å². The van der Waals surface area contributed by atoms with Gasteiger partial charge in [-0.15, -0.1) is 0 Å². The van der Waals surface area contributed by atoms with E-state index in [1.54, 1.807) is 0 Å². The summed E-state index contributed by atoms with van der Waals surface area (Å²) in [6.45, 7) is 0. The molecule has 0 saturated heterocycles. The van der Waals surface area contributed by atoms with Crippen LogP contribution in [-0.4, -0.2) is 9.55 Å². The lowest BCUT2D eigenvalue weighted by Gasteiger charge is -2.13. The monoisotopic (exact) mass is 571 g/mol. The zero-order chi connectivity index (χ0) is 29.9.